The van der Waals surface area contributed by atoms with Gasteiger partial charge in [0.1, 0.15) is 5.75 Å². The van der Waals surface area contributed by atoms with Crippen molar-refractivity contribution >= 4 is 34.9 Å². The number of halogens is 1. The van der Waals surface area contributed by atoms with Crippen LogP contribution in [0.2, 0.25) is 0 Å². The van der Waals surface area contributed by atoms with Crippen molar-refractivity contribution < 1.29 is 14.3 Å². The predicted octanol–water partition coefficient (Wildman–Crippen LogP) is 4.44. The lowest BCUT2D eigenvalue weighted by molar-refractivity contribution is -0.121. The summed E-state index contributed by atoms with van der Waals surface area (Å²) < 4.78 is 5.09. The molecule has 3 N–H and O–H groups in total. The van der Waals surface area contributed by atoms with Gasteiger partial charge in [-0.3, -0.25) is 9.59 Å². The molecule has 0 spiro atoms. The highest BCUT2D eigenvalue weighted by molar-refractivity contribution is 5.96. The zero-order valence-electron chi connectivity index (χ0n) is 17.0. The predicted molar refractivity (Wildman–Crippen MR) is 122 cm³/mol. The molecule has 0 bridgehead atoms. The summed E-state index contributed by atoms with van der Waals surface area (Å²) in [7, 11) is 1.59. The number of nitrogens with two attached hydrogens (primary N) is 1. The third-order valence-electron chi connectivity index (χ3n) is 4.97. The monoisotopic (exact) mass is 426 g/mol. The molecule has 6 heteroatoms. The Bertz CT molecular complexity index is 989. The van der Waals surface area contributed by atoms with E-state index in [1.807, 2.05) is 30.3 Å². The minimum absolute atomic E-state index is 0. The van der Waals surface area contributed by atoms with Gasteiger partial charge in [0, 0.05) is 24.9 Å². The first kappa shape index (κ1) is 23.4. The van der Waals surface area contributed by atoms with Crippen molar-refractivity contribution in [2.75, 3.05) is 13.7 Å². The number of benzene rings is 3. The van der Waals surface area contributed by atoms with Crippen LogP contribution in [0.5, 0.6) is 5.75 Å². The van der Waals surface area contributed by atoms with Crippen molar-refractivity contribution in [3.05, 3.63) is 77.9 Å². The van der Waals surface area contributed by atoms with Crippen LogP contribution < -0.4 is 15.8 Å². The van der Waals surface area contributed by atoms with Gasteiger partial charge >= 0.3 is 0 Å². The first-order valence-electron chi connectivity index (χ1n) is 9.76. The third kappa shape index (κ3) is 6.05. The normalized spacial score (nSPS) is 11.4. The third-order valence-corrected chi connectivity index (χ3v) is 4.97. The Morgan fingerprint density at radius 3 is 2.33 bits per heavy atom. The molecule has 158 valence electrons. The average Bonchev–Trinajstić information content (AvgIpc) is 2.77. The highest BCUT2D eigenvalue weighted by Crippen LogP contribution is 2.20. The Kier molecular flexibility index (Phi) is 8.84. The van der Waals surface area contributed by atoms with Gasteiger partial charge < -0.3 is 15.8 Å². The van der Waals surface area contributed by atoms with Crippen LogP contribution in [0.3, 0.4) is 0 Å². The van der Waals surface area contributed by atoms with Crippen LogP contribution >= 0.6 is 12.4 Å². The molecule has 0 aromatic heterocycles. The second kappa shape index (κ2) is 11.3. The molecule has 0 aliphatic rings. The van der Waals surface area contributed by atoms with Crippen LogP contribution in [0.4, 0.5) is 0 Å². The fraction of sp³-hybridized carbons (Fsp3) is 0.250. The number of hydrogen-bond donors (Lipinski definition) is 2. The molecule has 0 aliphatic heterocycles. The number of carbonyl (C=O) groups excluding carboxylic acids is 2. The number of rotatable bonds is 9. The van der Waals surface area contributed by atoms with Crippen LogP contribution in [-0.4, -0.2) is 25.3 Å². The molecule has 0 saturated heterocycles. The maximum absolute atomic E-state index is 12.4. The lowest BCUT2D eigenvalue weighted by atomic mass is 10.0. The molecule has 1 unspecified atom stereocenters. The summed E-state index contributed by atoms with van der Waals surface area (Å²) in [6, 6.07) is 20.9. The van der Waals surface area contributed by atoms with Gasteiger partial charge in [-0.25, -0.2) is 0 Å². The number of amides is 1. The van der Waals surface area contributed by atoms with E-state index in [9.17, 15) is 9.59 Å². The van der Waals surface area contributed by atoms with E-state index in [0.717, 1.165) is 16.3 Å². The fourth-order valence-corrected chi connectivity index (χ4v) is 3.30. The van der Waals surface area contributed by atoms with Gasteiger partial charge in [-0.05, 0) is 53.1 Å². The van der Waals surface area contributed by atoms with Crippen LogP contribution in [0.25, 0.3) is 10.8 Å². The van der Waals surface area contributed by atoms with E-state index >= 15 is 0 Å². The van der Waals surface area contributed by atoms with Gasteiger partial charge in [-0.15, -0.1) is 12.4 Å². The summed E-state index contributed by atoms with van der Waals surface area (Å²) in [5.41, 5.74) is 7.50. The van der Waals surface area contributed by atoms with E-state index in [0.29, 0.717) is 30.7 Å². The molecule has 0 aliphatic carbocycles. The summed E-state index contributed by atoms with van der Waals surface area (Å²) in [5, 5.41) is 5.25. The quantitative estimate of drug-likeness (QED) is 0.495. The molecular formula is C24H27ClN2O3. The maximum Gasteiger partial charge on any atom is 0.220 e. The topological polar surface area (TPSA) is 81.4 Å². The highest BCUT2D eigenvalue weighted by Gasteiger charge is 2.14. The Labute approximate surface area is 183 Å². The van der Waals surface area contributed by atoms with E-state index in [-0.39, 0.29) is 36.6 Å². The molecule has 1 atom stereocenters. The number of methoxy groups -OCH3 is 1. The van der Waals surface area contributed by atoms with Gasteiger partial charge in [-0.2, -0.15) is 0 Å². The molecule has 0 radical (unpaired) electrons. The van der Waals surface area contributed by atoms with E-state index in [1.54, 1.807) is 31.4 Å². The number of fused-ring (bicyclic) bond motifs is 1. The van der Waals surface area contributed by atoms with E-state index in [1.165, 1.54) is 0 Å². The Morgan fingerprint density at radius 2 is 1.67 bits per heavy atom. The van der Waals surface area contributed by atoms with Crippen LogP contribution in [0.15, 0.2) is 66.7 Å². The molecule has 0 saturated carbocycles. The molecule has 0 fully saturated rings. The number of ether oxygens (including phenoxy) is 1. The van der Waals surface area contributed by atoms with Crippen molar-refractivity contribution in [1.29, 1.82) is 0 Å². The number of ketones is 1. The zero-order chi connectivity index (χ0) is 20.6. The fourth-order valence-electron chi connectivity index (χ4n) is 3.30. The minimum atomic E-state index is -0.246. The summed E-state index contributed by atoms with van der Waals surface area (Å²) >= 11 is 0. The van der Waals surface area contributed by atoms with Gasteiger partial charge in [0.15, 0.2) is 5.78 Å². The first-order chi connectivity index (χ1) is 14.1. The molecule has 3 rings (SSSR count). The Morgan fingerprint density at radius 1 is 0.967 bits per heavy atom. The van der Waals surface area contributed by atoms with Crippen LogP contribution in [0, 0.1) is 0 Å². The summed E-state index contributed by atoms with van der Waals surface area (Å²) in [5.74, 6) is 0.629. The van der Waals surface area contributed by atoms with Crippen molar-refractivity contribution in [3.63, 3.8) is 0 Å². The van der Waals surface area contributed by atoms with Crippen molar-refractivity contribution in [1.82, 2.24) is 5.32 Å². The average molecular weight is 427 g/mol. The Hall–Kier alpha value is -2.89. The Balaban J connectivity index is 0.00000320. The van der Waals surface area contributed by atoms with E-state index in [2.05, 4.69) is 17.4 Å². The molecule has 3 aromatic rings. The number of nitrogens with one attached hydrogen (secondary N) is 1. The van der Waals surface area contributed by atoms with Crippen LogP contribution in [-0.2, 0) is 4.79 Å². The summed E-state index contributed by atoms with van der Waals surface area (Å²) in [6.45, 7) is 0.314. The van der Waals surface area contributed by atoms with Gasteiger partial charge in [0.05, 0.1) is 13.2 Å². The molecule has 30 heavy (non-hydrogen) atoms. The highest BCUT2D eigenvalue weighted by atomic mass is 35.5. The minimum Gasteiger partial charge on any atom is -0.497 e. The number of Topliss-reactive ketones (excluding diaryl/α,β-unsaturated/α-hetero) is 1. The van der Waals surface area contributed by atoms with Gasteiger partial charge in [-0.1, -0.05) is 36.4 Å². The molecule has 5 nitrogen and oxygen atoms in total. The lowest BCUT2D eigenvalue weighted by Gasteiger charge is -2.18. The molecule has 3 aromatic carbocycles. The van der Waals surface area contributed by atoms with Crippen molar-refractivity contribution in [2.45, 2.75) is 25.3 Å². The first-order valence-corrected chi connectivity index (χ1v) is 9.76. The summed E-state index contributed by atoms with van der Waals surface area (Å²) in [4.78, 5) is 24.6. The lowest BCUT2D eigenvalue weighted by Crippen LogP contribution is -2.33. The SMILES string of the molecule is COc1ccc(C(=O)CCCC(=O)NC(CN)c2ccc3ccccc3c2)cc1.Cl. The molecule has 1 amide bonds. The summed E-state index contributed by atoms with van der Waals surface area (Å²) in [6.07, 6.45) is 1.10. The molecular weight excluding hydrogens is 400 g/mol. The zero-order valence-corrected chi connectivity index (χ0v) is 17.8. The van der Waals surface area contributed by atoms with Crippen molar-refractivity contribution in [3.8, 4) is 5.75 Å². The largest absolute Gasteiger partial charge is 0.497 e. The van der Waals surface area contributed by atoms with Gasteiger partial charge in [0.25, 0.3) is 0 Å². The van der Waals surface area contributed by atoms with Crippen molar-refractivity contribution in [2.24, 2.45) is 5.73 Å². The standard InChI is InChI=1S/C24H26N2O3.ClH/c1-29-21-13-11-18(12-14-21)23(27)7-4-8-24(28)26-22(16-25)20-10-9-17-5-2-3-6-19(17)15-20;/h2-3,5-6,9-15,22H,4,7-8,16,25H2,1H3,(H,26,28);1H. The number of carbonyl (C=O) groups is 2. The van der Waals surface area contributed by atoms with Crippen LogP contribution in [0.1, 0.15) is 41.2 Å². The second-order valence-electron chi connectivity index (χ2n) is 6.97. The maximum atomic E-state index is 12.4. The van der Waals surface area contributed by atoms with E-state index < -0.39 is 0 Å². The second-order valence-corrected chi connectivity index (χ2v) is 6.97. The van der Waals surface area contributed by atoms with Gasteiger partial charge in [0.2, 0.25) is 5.91 Å². The molecule has 0 heterocycles. The van der Waals surface area contributed by atoms with E-state index in [4.69, 9.17) is 10.5 Å². The number of hydrogen-bond acceptors (Lipinski definition) is 4. The smallest absolute Gasteiger partial charge is 0.220 e.